The van der Waals surface area contributed by atoms with E-state index in [9.17, 15) is 9.59 Å². The van der Waals surface area contributed by atoms with E-state index in [0.717, 1.165) is 40.8 Å². The maximum atomic E-state index is 12.6. The van der Waals surface area contributed by atoms with E-state index in [4.69, 9.17) is 14.2 Å². The van der Waals surface area contributed by atoms with Crippen LogP contribution in [0.25, 0.3) is 6.08 Å². The van der Waals surface area contributed by atoms with Crippen molar-refractivity contribution in [2.45, 2.75) is 25.9 Å². The molecule has 1 heterocycles. The van der Waals surface area contributed by atoms with Gasteiger partial charge in [-0.25, -0.2) is 4.79 Å². The molecule has 1 amide bonds. The smallest absolute Gasteiger partial charge is 0.341 e. The monoisotopic (exact) mass is 541 g/mol. The van der Waals surface area contributed by atoms with Crippen molar-refractivity contribution in [2.75, 3.05) is 19.5 Å². The first-order valence-corrected chi connectivity index (χ1v) is 12.4. The van der Waals surface area contributed by atoms with Gasteiger partial charge in [0, 0.05) is 11.0 Å². The third-order valence-electron chi connectivity index (χ3n) is 5.45. The zero-order valence-electron chi connectivity index (χ0n) is 18.9. The van der Waals surface area contributed by atoms with Crippen molar-refractivity contribution in [3.8, 4) is 11.5 Å². The van der Waals surface area contributed by atoms with Crippen molar-refractivity contribution in [1.82, 2.24) is 0 Å². The number of carbonyl (C=O) groups is 2. The maximum absolute atomic E-state index is 12.6. The Morgan fingerprint density at radius 1 is 1.15 bits per heavy atom. The van der Waals surface area contributed by atoms with Gasteiger partial charge in [-0.2, -0.15) is 0 Å². The molecule has 0 fully saturated rings. The molecule has 0 aliphatic heterocycles. The molecule has 1 aliphatic rings. The van der Waals surface area contributed by atoms with Crippen LogP contribution in [0.4, 0.5) is 5.00 Å². The summed E-state index contributed by atoms with van der Waals surface area (Å²) in [7, 11) is 2.92. The van der Waals surface area contributed by atoms with E-state index in [1.54, 1.807) is 19.3 Å². The number of hydrogen-bond acceptors (Lipinski definition) is 6. The lowest BCUT2D eigenvalue weighted by Crippen LogP contribution is -2.12. The van der Waals surface area contributed by atoms with Gasteiger partial charge in [-0.15, -0.1) is 11.3 Å². The van der Waals surface area contributed by atoms with Crippen LogP contribution >= 0.6 is 27.3 Å². The zero-order valence-corrected chi connectivity index (χ0v) is 21.3. The molecule has 1 N–H and O–H groups in total. The molecule has 4 rings (SSSR count). The molecular weight excluding hydrogens is 518 g/mol. The third-order valence-corrected chi connectivity index (χ3v) is 7.25. The highest BCUT2D eigenvalue weighted by molar-refractivity contribution is 9.10. The van der Waals surface area contributed by atoms with Crippen LogP contribution in [0, 0.1) is 0 Å². The molecule has 176 valence electrons. The number of benzene rings is 2. The van der Waals surface area contributed by atoms with Crippen LogP contribution in [-0.2, 0) is 29.0 Å². The number of nitrogens with one attached hydrogen (secondary N) is 1. The zero-order chi connectivity index (χ0) is 24.1. The fourth-order valence-electron chi connectivity index (χ4n) is 3.84. The minimum Gasteiger partial charge on any atom is -0.493 e. The van der Waals surface area contributed by atoms with Crippen LogP contribution in [0.2, 0.25) is 0 Å². The predicted molar refractivity (Wildman–Crippen MR) is 137 cm³/mol. The van der Waals surface area contributed by atoms with Crippen molar-refractivity contribution in [3.63, 3.8) is 0 Å². The third kappa shape index (κ3) is 5.34. The maximum Gasteiger partial charge on any atom is 0.341 e. The summed E-state index contributed by atoms with van der Waals surface area (Å²) in [5, 5.41) is 3.38. The van der Waals surface area contributed by atoms with Gasteiger partial charge < -0.3 is 19.5 Å². The molecule has 6 nitrogen and oxygen atoms in total. The lowest BCUT2D eigenvalue weighted by molar-refractivity contribution is -0.111. The van der Waals surface area contributed by atoms with Crippen molar-refractivity contribution in [1.29, 1.82) is 0 Å². The predicted octanol–water partition coefficient (Wildman–Crippen LogP) is 6.03. The van der Waals surface area contributed by atoms with Crippen molar-refractivity contribution in [3.05, 3.63) is 80.1 Å². The minimum atomic E-state index is -0.418. The summed E-state index contributed by atoms with van der Waals surface area (Å²) in [5.41, 5.74) is 3.28. The van der Waals surface area contributed by atoms with Crippen LogP contribution < -0.4 is 14.8 Å². The van der Waals surface area contributed by atoms with Crippen LogP contribution in [-0.4, -0.2) is 26.1 Å². The topological polar surface area (TPSA) is 73.9 Å². The average molecular weight is 542 g/mol. The highest BCUT2D eigenvalue weighted by Crippen LogP contribution is 2.40. The molecular formula is C26H24BrNO5S. The molecule has 34 heavy (non-hydrogen) atoms. The lowest BCUT2D eigenvalue weighted by atomic mass is 10.1. The number of fused-ring (bicyclic) bond motifs is 1. The number of hydrogen-bond donors (Lipinski definition) is 1. The molecule has 1 aromatic heterocycles. The summed E-state index contributed by atoms with van der Waals surface area (Å²) < 4.78 is 17.1. The van der Waals surface area contributed by atoms with Gasteiger partial charge in [-0.1, -0.05) is 30.3 Å². The largest absolute Gasteiger partial charge is 0.493 e. The molecule has 0 saturated carbocycles. The normalized spacial score (nSPS) is 12.4. The van der Waals surface area contributed by atoms with Crippen LogP contribution in [0.5, 0.6) is 11.5 Å². The molecule has 0 unspecified atom stereocenters. The Kier molecular flexibility index (Phi) is 7.70. The number of rotatable bonds is 8. The number of anilines is 1. The summed E-state index contributed by atoms with van der Waals surface area (Å²) in [6.45, 7) is 0.403. The van der Waals surface area contributed by atoms with E-state index in [-0.39, 0.29) is 5.91 Å². The van der Waals surface area contributed by atoms with Crippen molar-refractivity contribution >= 4 is 50.2 Å². The summed E-state index contributed by atoms with van der Waals surface area (Å²) >= 11 is 4.99. The van der Waals surface area contributed by atoms with Gasteiger partial charge in [0.1, 0.15) is 11.6 Å². The van der Waals surface area contributed by atoms with Gasteiger partial charge in [0.2, 0.25) is 5.91 Å². The first-order chi connectivity index (χ1) is 16.5. The lowest BCUT2D eigenvalue weighted by Gasteiger charge is -2.13. The Labute approximate surface area is 210 Å². The molecule has 8 heteroatoms. The van der Waals surface area contributed by atoms with E-state index in [0.29, 0.717) is 33.1 Å². The van der Waals surface area contributed by atoms with Crippen LogP contribution in [0.1, 0.15) is 38.3 Å². The second-order valence-corrected chi connectivity index (χ2v) is 9.64. The standard InChI is InChI=1S/C26H24BrNO5S/c1-31-20-14-17(13-19(27)24(20)33-15-16-7-4-3-5-8-16)11-12-22(29)28-25-23(26(30)32-2)18-9-6-10-21(18)34-25/h3-5,7-8,11-14H,6,9-10,15H2,1-2H3,(H,28,29). The summed E-state index contributed by atoms with van der Waals surface area (Å²) in [5.74, 6) is 0.389. The molecule has 3 aromatic rings. The fraction of sp³-hybridized carbons (Fsp3) is 0.231. The van der Waals surface area contributed by atoms with Crippen molar-refractivity contribution < 1.29 is 23.8 Å². The minimum absolute atomic E-state index is 0.329. The van der Waals surface area contributed by atoms with E-state index in [1.165, 1.54) is 24.5 Å². The van der Waals surface area contributed by atoms with Crippen molar-refractivity contribution in [2.24, 2.45) is 0 Å². The number of amides is 1. The fourth-order valence-corrected chi connectivity index (χ4v) is 5.70. The summed E-state index contributed by atoms with van der Waals surface area (Å²) in [6, 6.07) is 13.5. The molecule has 0 radical (unpaired) electrons. The number of ether oxygens (including phenoxy) is 3. The van der Waals surface area contributed by atoms with Gasteiger partial charge in [-0.05, 0) is 70.1 Å². The second-order valence-electron chi connectivity index (χ2n) is 7.68. The van der Waals surface area contributed by atoms with Gasteiger partial charge in [0.25, 0.3) is 0 Å². The second kappa shape index (κ2) is 10.9. The quantitative estimate of drug-likeness (QED) is 0.278. The molecule has 2 aromatic carbocycles. The Hall–Kier alpha value is -3.10. The van der Waals surface area contributed by atoms with E-state index < -0.39 is 5.97 Å². The first-order valence-electron chi connectivity index (χ1n) is 10.8. The number of aryl methyl sites for hydroxylation is 1. The average Bonchev–Trinajstić information content (AvgIpc) is 3.42. The molecule has 0 bridgehead atoms. The summed E-state index contributed by atoms with van der Waals surface area (Å²) in [6.07, 6.45) is 5.87. The van der Waals surface area contributed by atoms with E-state index >= 15 is 0 Å². The Balaban J connectivity index is 1.48. The Morgan fingerprint density at radius 2 is 1.94 bits per heavy atom. The molecule has 0 spiro atoms. The SMILES string of the molecule is COC(=O)c1c(NC(=O)C=Cc2cc(Br)c(OCc3ccccc3)c(OC)c2)sc2c1CCC2. The van der Waals surface area contributed by atoms with E-state index in [2.05, 4.69) is 21.2 Å². The summed E-state index contributed by atoms with van der Waals surface area (Å²) in [4.78, 5) is 26.1. The number of thiophene rings is 1. The van der Waals surface area contributed by atoms with E-state index in [1.807, 2.05) is 36.4 Å². The van der Waals surface area contributed by atoms with Crippen LogP contribution in [0.3, 0.4) is 0 Å². The first kappa shape index (κ1) is 24.0. The van der Waals surface area contributed by atoms with Gasteiger partial charge in [0.05, 0.1) is 24.3 Å². The molecule has 1 aliphatic carbocycles. The van der Waals surface area contributed by atoms with Gasteiger partial charge in [-0.3, -0.25) is 4.79 Å². The number of methoxy groups -OCH3 is 2. The van der Waals surface area contributed by atoms with Gasteiger partial charge in [0.15, 0.2) is 11.5 Å². The number of carbonyl (C=O) groups excluding carboxylic acids is 2. The number of esters is 1. The Bertz CT molecular complexity index is 1240. The number of halogens is 1. The highest BCUT2D eigenvalue weighted by atomic mass is 79.9. The van der Waals surface area contributed by atoms with Crippen LogP contribution in [0.15, 0.2) is 53.0 Å². The molecule has 0 saturated heterocycles. The highest BCUT2D eigenvalue weighted by Gasteiger charge is 2.27. The molecule has 0 atom stereocenters. The van der Waals surface area contributed by atoms with Gasteiger partial charge >= 0.3 is 5.97 Å². The Morgan fingerprint density at radius 3 is 2.68 bits per heavy atom.